The van der Waals surface area contributed by atoms with E-state index in [9.17, 15) is 4.79 Å². The van der Waals surface area contributed by atoms with Gasteiger partial charge in [0.2, 0.25) is 0 Å². The van der Waals surface area contributed by atoms with Crippen LogP contribution in [0.2, 0.25) is 0 Å². The van der Waals surface area contributed by atoms with Crippen LogP contribution in [0, 0.1) is 0 Å². The van der Waals surface area contributed by atoms with Crippen molar-refractivity contribution in [3.8, 4) is 0 Å². The minimum atomic E-state index is 0.0418. The van der Waals surface area contributed by atoms with Crippen LogP contribution in [0.5, 0.6) is 0 Å². The number of amides is 1. The van der Waals surface area contributed by atoms with Gasteiger partial charge in [-0.05, 0) is 31.4 Å². The molecule has 0 aromatic carbocycles. The highest BCUT2D eigenvalue weighted by Gasteiger charge is 2.20. The molecular weight excluding hydrogens is 272 g/mol. The van der Waals surface area contributed by atoms with Crippen molar-refractivity contribution in [1.82, 2.24) is 14.9 Å². The Kier molecular flexibility index (Phi) is 3.92. The zero-order valence-electron chi connectivity index (χ0n) is 11.1. The summed E-state index contributed by atoms with van der Waals surface area (Å²) in [5, 5.41) is 5.69. The molecule has 0 unspecified atom stereocenters. The second-order valence-corrected chi connectivity index (χ2v) is 5.62. The molecule has 0 radical (unpaired) electrons. The SMILES string of the molecule is O=C(c1csc(Nc2cccnc2)n1)N1CCCCC1. The highest BCUT2D eigenvalue weighted by Crippen LogP contribution is 2.22. The third-order valence-corrected chi connectivity index (χ3v) is 4.04. The summed E-state index contributed by atoms with van der Waals surface area (Å²) in [7, 11) is 0. The molecule has 1 aliphatic heterocycles. The molecule has 1 N–H and O–H groups in total. The topological polar surface area (TPSA) is 58.1 Å². The molecule has 0 atom stereocenters. The lowest BCUT2D eigenvalue weighted by molar-refractivity contribution is 0.0719. The summed E-state index contributed by atoms with van der Waals surface area (Å²) in [4.78, 5) is 22.6. The number of thiazole rings is 1. The maximum atomic E-state index is 12.3. The summed E-state index contributed by atoms with van der Waals surface area (Å²) in [6, 6.07) is 3.77. The highest BCUT2D eigenvalue weighted by molar-refractivity contribution is 7.14. The summed E-state index contributed by atoms with van der Waals surface area (Å²) < 4.78 is 0. The first-order valence-corrected chi connectivity index (χ1v) is 7.63. The first-order valence-electron chi connectivity index (χ1n) is 6.75. The fourth-order valence-corrected chi connectivity index (χ4v) is 2.95. The molecule has 6 heteroatoms. The van der Waals surface area contributed by atoms with Crippen molar-refractivity contribution in [2.45, 2.75) is 19.3 Å². The molecule has 2 aromatic heterocycles. The fraction of sp³-hybridized carbons (Fsp3) is 0.357. The summed E-state index contributed by atoms with van der Waals surface area (Å²) in [6.07, 6.45) is 6.86. The fourth-order valence-electron chi connectivity index (χ4n) is 2.25. The largest absolute Gasteiger partial charge is 0.337 e. The third-order valence-electron chi connectivity index (χ3n) is 3.28. The van der Waals surface area contributed by atoms with Gasteiger partial charge in [0, 0.05) is 24.7 Å². The molecule has 20 heavy (non-hydrogen) atoms. The number of aromatic nitrogens is 2. The van der Waals surface area contributed by atoms with Crippen molar-refractivity contribution in [2.75, 3.05) is 18.4 Å². The van der Waals surface area contributed by atoms with Crippen LogP contribution >= 0.6 is 11.3 Å². The average molecular weight is 288 g/mol. The lowest BCUT2D eigenvalue weighted by atomic mass is 10.1. The number of nitrogens with zero attached hydrogens (tertiary/aromatic N) is 3. The zero-order valence-corrected chi connectivity index (χ0v) is 11.9. The molecule has 0 saturated carbocycles. The normalized spacial score (nSPS) is 15.1. The Labute approximate surface area is 121 Å². The number of pyridine rings is 1. The van der Waals surface area contributed by atoms with E-state index in [-0.39, 0.29) is 5.91 Å². The van der Waals surface area contributed by atoms with Gasteiger partial charge in [0.15, 0.2) is 5.13 Å². The van der Waals surface area contributed by atoms with Crippen LogP contribution < -0.4 is 5.32 Å². The van der Waals surface area contributed by atoms with Gasteiger partial charge < -0.3 is 10.2 Å². The molecular formula is C14H16N4OS. The van der Waals surface area contributed by atoms with Gasteiger partial charge in [-0.3, -0.25) is 9.78 Å². The van der Waals surface area contributed by atoms with Crippen molar-refractivity contribution in [3.05, 3.63) is 35.6 Å². The maximum Gasteiger partial charge on any atom is 0.273 e. The van der Waals surface area contributed by atoms with Gasteiger partial charge in [0.1, 0.15) is 5.69 Å². The maximum absolute atomic E-state index is 12.3. The number of carbonyl (C=O) groups is 1. The lowest BCUT2D eigenvalue weighted by Gasteiger charge is -2.25. The number of rotatable bonds is 3. The summed E-state index contributed by atoms with van der Waals surface area (Å²) in [5.41, 5.74) is 1.40. The molecule has 1 amide bonds. The van der Waals surface area contributed by atoms with Gasteiger partial charge in [-0.25, -0.2) is 4.98 Å². The van der Waals surface area contributed by atoms with Gasteiger partial charge >= 0.3 is 0 Å². The van der Waals surface area contributed by atoms with E-state index >= 15 is 0 Å². The quantitative estimate of drug-likeness (QED) is 0.943. The minimum Gasteiger partial charge on any atom is -0.337 e. The average Bonchev–Trinajstić information content (AvgIpc) is 2.97. The number of carbonyl (C=O) groups excluding carboxylic acids is 1. The molecule has 1 aliphatic rings. The number of hydrogen-bond donors (Lipinski definition) is 1. The van der Waals surface area contributed by atoms with Crippen LogP contribution in [0.15, 0.2) is 29.9 Å². The van der Waals surface area contributed by atoms with Crippen LogP contribution in [0.25, 0.3) is 0 Å². The van der Waals surface area contributed by atoms with Crippen molar-refractivity contribution in [1.29, 1.82) is 0 Å². The van der Waals surface area contributed by atoms with E-state index in [1.54, 1.807) is 12.4 Å². The Morgan fingerprint density at radius 2 is 2.15 bits per heavy atom. The molecule has 1 fully saturated rings. The highest BCUT2D eigenvalue weighted by atomic mass is 32.1. The molecule has 0 bridgehead atoms. The Morgan fingerprint density at radius 3 is 2.90 bits per heavy atom. The summed E-state index contributed by atoms with van der Waals surface area (Å²) in [6.45, 7) is 1.70. The predicted molar refractivity (Wildman–Crippen MR) is 79.4 cm³/mol. The first kappa shape index (κ1) is 13.1. The molecule has 3 rings (SSSR count). The molecule has 5 nitrogen and oxygen atoms in total. The van der Waals surface area contributed by atoms with E-state index in [1.807, 2.05) is 22.4 Å². The number of likely N-dealkylation sites (tertiary alicyclic amines) is 1. The van der Waals surface area contributed by atoms with Crippen LogP contribution in [0.3, 0.4) is 0 Å². The zero-order chi connectivity index (χ0) is 13.8. The molecule has 0 aliphatic carbocycles. The second-order valence-electron chi connectivity index (χ2n) is 4.76. The Morgan fingerprint density at radius 1 is 1.30 bits per heavy atom. The van der Waals surface area contributed by atoms with Crippen LogP contribution in [-0.2, 0) is 0 Å². The van der Waals surface area contributed by atoms with Crippen molar-refractivity contribution < 1.29 is 4.79 Å². The number of anilines is 2. The van der Waals surface area contributed by atoms with Crippen molar-refractivity contribution in [3.63, 3.8) is 0 Å². The third kappa shape index (κ3) is 2.96. The molecule has 104 valence electrons. The Bertz CT molecular complexity index is 578. The smallest absolute Gasteiger partial charge is 0.273 e. The Balaban J connectivity index is 1.68. The summed E-state index contributed by atoms with van der Waals surface area (Å²) >= 11 is 1.44. The van der Waals surface area contributed by atoms with E-state index in [0.29, 0.717) is 5.69 Å². The minimum absolute atomic E-state index is 0.0418. The van der Waals surface area contributed by atoms with Gasteiger partial charge in [0.25, 0.3) is 5.91 Å². The number of nitrogens with one attached hydrogen (secondary N) is 1. The van der Waals surface area contributed by atoms with Crippen LogP contribution in [0.4, 0.5) is 10.8 Å². The lowest BCUT2D eigenvalue weighted by Crippen LogP contribution is -2.35. The van der Waals surface area contributed by atoms with Crippen LogP contribution in [0.1, 0.15) is 29.8 Å². The van der Waals surface area contributed by atoms with E-state index in [4.69, 9.17) is 0 Å². The first-order chi connectivity index (χ1) is 9.83. The molecule has 3 heterocycles. The number of hydrogen-bond acceptors (Lipinski definition) is 5. The standard InChI is InChI=1S/C14H16N4OS/c19-13(18-7-2-1-3-8-18)12-10-20-14(17-12)16-11-5-4-6-15-9-11/h4-6,9-10H,1-3,7-8H2,(H,16,17). The van der Waals surface area contributed by atoms with Crippen LogP contribution in [-0.4, -0.2) is 33.9 Å². The second kappa shape index (κ2) is 6.00. The van der Waals surface area contributed by atoms with Crippen molar-refractivity contribution >= 4 is 28.1 Å². The van der Waals surface area contributed by atoms with Gasteiger partial charge in [-0.1, -0.05) is 0 Å². The van der Waals surface area contributed by atoms with Gasteiger partial charge in [0.05, 0.1) is 11.9 Å². The molecule has 1 saturated heterocycles. The van der Waals surface area contributed by atoms with E-state index < -0.39 is 0 Å². The van der Waals surface area contributed by atoms with E-state index in [0.717, 1.165) is 36.8 Å². The van der Waals surface area contributed by atoms with Gasteiger partial charge in [-0.15, -0.1) is 11.3 Å². The molecule has 2 aromatic rings. The van der Waals surface area contributed by atoms with Gasteiger partial charge in [-0.2, -0.15) is 0 Å². The number of piperidine rings is 1. The Hall–Kier alpha value is -1.95. The summed E-state index contributed by atoms with van der Waals surface area (Å²) in [5.74, 6) is 0.0418. The van der Waals surface area contributed by atoms with Crippen molar-refractivity contribution in [2.24, 2.45) is 0 Å². The van der Waals surface area contributed by atoms with E-state index in [2.05, 4.69) is 15.3 Å². The molecule has 0 spiro atoms. The van der Waals surface area contributed by atoms with E-state index in [1.165, 1.54) is 17.8 Å². The predicted octanol–water partition coefficient (Wildman–Crippen LogP) is 2.91. The monoisotopic (exact) mass is 288 g/mol.